The second-order valence-corrected chi connectivity index (χ2v) is 4.16. The zero-order chi connectivity index (χ0) is 12.2. The van der Waals surface area contributed by atoms with Gasteiger partial charge in [0.25, 0.3) is 0 Å². The van der Waals surface area contributed by atoms with Crippen LogP contribution < -0.4 is 10.6 Å². The highest BCUT2D eigenvalue weighted by Crippen LogP contribution is 2.25. The van der Waals surface area contributed by atoms with Crippen LogP contribution in [0.2, 0.25) is 0 Å². The summed E-state index contributed by atoms with van der Waals surface area (Å²) in [5, 5.41) is 4.99. The van der Waals surface area contributed by atoms with Gasteiger partial charge in [-0.15, -0.1) is 0 Å². The van der Waals surface area contributed by atoms with Crippen LogP contribution in [-0.4, -0.2) is 30.7 Å². The Balaban J connectivity index is 2.55. The predicted molar refractivity (Wildman–Crippen MR) is 53.9 cm³/mol. The number of carbonyl (C=O) groups is 1. The van der Waals surface area contributed by atoms with Gasteiger partial charge in [-0.05, 0) is 25.8 Å². The molecule has 2 N–H and O–H groups in total. The number of nitrogens with one attached hydrogen (secondary N) is 2. The molecule has 94 valence electrons. The maximum atomic E-state index is 12.0. The summed E-state index contributed by atoms with van der Waals surface area (Å²) in [6, 6.07) is 0. The first-order chi connectivity index (χ1) is 7.40. The van der Waals surface area contributed by atoms with E-state index in [4.69, 9.17) is 0 Å². The van der Waals surface area contributed by atoms with Crippen molar-refractivity contribution < 1.29 is 18.0 Å². The Labute approximate surface area is 92.8 Å². The Morgan fingerprint density at radius 3 is 2.62 bits per heavy atom. The molecule has 0 spiro atoms. The van der Waals surface area contributed by atoms with Crippen LogP contribution in [0, 0.1) is 0 Å². The molecule has 3 nitrogen and oxygen atoms in total. The molecule has 1 saturated heterocycles. The van der Waals surface area contributed by atoms with Crippen molar-refractivity contribution in [3.63, 3.8) is 0 Å². The molecule has 1 atom stereocenters. The van der Waals surface area contributed by atoms with Crippen molar-refractivity contribution in [3.05, 3.63) is 0 Å². The third-order valence-corrected chi connectivity index (χ3v) is 2.80. The van der Waals surface area contributed by atoms with E-state index in [1.165, 1.54) is 0 Å². The molecule has 16 heavy (non-hydrogen) atoms. The van der Waals surface area contributed by atoms with E-state index in [1.54, 1.807) is 0 Å². The second-order valence-electron chi connectivity index (χ2n) is 4.16. The van der Waals surface area contributed by atoms with Gasteiger partial charge in [0.05, 0.1) is 5.54 Å². The van der Waals surface area contributed by atoms with E-state index in [9.17, 15) is 18.0 Å². The van der Waals surface area contributed by atoms with Crippen LogP contribution in [0.4, 0.5) is 13.2 Å². The Kier molecular flexibility index (Phi) is 4.18. The highest BCUT2D eigenvalue weighted by atomic mass is 19.4. The Morgan fingerprint density at radius 1 is 1.50 bits per heavy atom. The van der Waals surface area contributed by atoms with Crippen molar-refractivity contribution in [2.24, 2.45) is 0 Å². The molecule has 0 radical (unpaired) electrons. The van der Waals surface area contributed by atoms with E-state index in [0.717, 1.165) is 12.8 Å². The van der Waals surface area contributed by atoms with Crippen molar-refractivity contribution in [1.29, 1.82) is 0 Å². The molecule has 0 aromatic rings. The molecule has 0 aromatic carbocycles. The normalized spacial score (nSPS) is 25.8. The molecule has 1 aliphatic rings. The number of rotatable bonds is 4. The van der Waals surface area contributed by atoms with E-state index in [-0.39, 0.29) is 0 Å². The number of carbonyl (C=O) groups excluding carboxylic acids is 1. The van der Waals surface area contributed by atoms with Gasteiger partial charge in [-0.3, -0.25) is 4.79 Å². The van der Waals surface area contributed by atoms with Crippen molar-refractivity contribution in [2.75, 3.05) is 13.1 Å². The number of alkyl halides is 3. The van der Waals surface area contributed by atoms with E-state index in [2.05, 4.69) is 5.32 Å². The summed E-state index contributed by atoms with van der Waals surface area (Å²) in [7, 11) is 0. The van der Waals surface area contributed by atoms with Crippen LogP contribution in [0.15, 0.2) is 0 Å². The average molecular weight is 238 g/mol. The summed E-state index contributed by atoms with van der Waals surface area (Å²) in [6.45, 7) is 1.36. The molecular weight excluding hydrogens is 221 g/mol. The van der Waals surface area contributed by atoms with Crippen molar-refractivity contribution >= 4 is 5.91 Å². The fraction of sp³-hybridized carbons (Fsp3) is 0.900. The molecule has 0 aromatic heterocycles. The molecule has 1 amide bonds. The van der Waals surface area contributed by atoms with Crippen LogP contribution in [0.1, 0.15) is 32.6 Å². The minimum atomic E-state index is -4.35. The summed E-state index contributed by atoms with van der Waals surface area (Å²) >= 11 is 0. The summed E-state index contributed by atoms with van der Waals surface area (Å²) in [5.41, 5.74) is -0.778. The van der Waals surface area contributed by atoms with Crippen LogP contribution in [0.25, 0.3) is 0 Å². The predicted octanol–water partition coefficient (Wildman–Crippen LogP) is 1.59. The molecule has 1 rings (SSSR count). The maximum Gasteiger partial charge on any atom is 0.405 e. The van der Waals surface area contributed by atoms with Crippen molar-refractivity contribution in [1.82, 2.24) is 10.6 Å². The summed E-state index contributed by atoms with van der Waals surface area (Å²) in [5.74, 6) is -0.524. The van der Waals surface area contributed by atoms with E-state index < -0.39 is 24.2 Å². The molecule has 0 aliphatic carbocycles. The van der Waals surface area contributed by atoms with Crippen LogP contribution in [0.5, 0.6) is 0 Å². The van der Waals surface area contributed by atoms with Gasteiger partial charge < -0.3 is 10.6 Å². The smallest absolute Gasteiger partial charge is 0.345 e. The third kappa shape index (κ3) is 3.37. The Morgan fingerprint density at radius 2 is 2.19 bits per heavy atom. The Hall–Kier alpha value is -0.780. The number of hydrogen-bond donors (Lipinski definition) is 2. The standard InChI is InChI=1S/C10H17F3N2O/c1-2-4-9(5-3-6-15-9)8(16)14-7-10(11,12)13/h15H,2-7H2,1H3,(H,14,16). The fourth-order valence-electron chi connectivity index (χ4n) is 2.10. The molecule has 6 heteroatoms. The zero-order valence-electron chi connectivity index (χ0n) is 9.28. The maximum absolute atomic E-state index is 12.0. The first-order valence-electron chi connectivity index (χ1n) is 5.50. The van der Waals surface area contributed by atoms with Gasteiger partial charge in [-0.1, -0.05) is 13.3 Å². The minimum Gasteiger partial charge on any atom is -0.345 e. The molecule has 0 saturated carbocycles. The summed E-state index contributed by atoms with van der Waals surface area (Å²) in [4.78, 5) is 11.7. The monoisotopic (exact) mass is 238 g/mol. The summed E-state index contributed by atoms with van der Waals surface area (Å²) < 4.78 is 35.9. The SMILES string of the molecule is CCCC1(C(=O)NCC(F)(F)F)CCCN1. The lowest BCUT2D eigenvalue weighted by Gasteiger charge is -2.28. The second kappa shape index (κ2) is 5.03. The van der Waals surface area contributed by atoms with Gasteiger partial charge in [0.1, 0.15) is 6.54 Å². The topological polar surface area (TPSA) is 41.1 Å². The molecule has 1 unspecified atom stereocenters. The fourth-order valence-corrected chi connectivity index (χ4v) is 2.10. The number of amides is 1. The largest absolute Gasteiger partial charge is 0.405 e. The van der Waals surface area contributed by atoms with Gasteiger partial charge in [-0.25, -0.2) is 0 Å². The highest BCUT2D eigenvalue weighted by Gasteiger charge is 2.41. The molecular formula is C10H17F3N2O. The van der Waals surface area contributed by atoms with Crippen molar-refractivity contribution in [2.45, 2.75) is 44.3 Å². The quantitative estimate of drug-likeness (QED) is 0.781. The zero-order valence-corrected chi connectivity index (χ0v) is 9.28. The lowest BCUT2D eigenvalue weighted by atomic mass is 9.91. The van der Waals surface area contributed by atoms with Gasteiger partial charge >= 0.3 is 6.18 Å². The van der Waals surface area contributed by atoms with E-state index >= 15 is 0 Å². The molecule has 1 heterocycles. The lowest BCUT2D eigenvalue weighted by molar-refractivity contribution is -0.142. The first-order valence-corrected chi connectivity index (χ1v) is 5.50. The van der Waals surface area contributed by atoms with Gasteiger partial charge in [0.2, 0.25) is 5.91 Å². The van der Waals surface area contributed by atoms with E-state index in [1.807, 2.05) is 12.2 Å². The lowest BCUT2D eigenvalue weighted by Crippen LogP contribution is -2.54. The molecule has 1 fully saturated rings. The third-order valence-electron chi connectivity index (χ3n) is 2.80. The van der Waals surface area contributed by atoms with Gasteiger partial charge in [0.15, 0.2) is 0 Å². The average Bonchev–Trinajstić information content (AvgIpc) is 2.63. The van der Waals surface area contributed by atoms with Crippen LogP contribution in [0.3, 0.4) is 0 Å². The van der Waals surface area contributed by atoms with Crippen LogP contribution in [-0.2, 0) is 4.79 Å². The minimum absolute atomic E-state index is 0.524. The first kappa shape index (κ1) is 13.3. The van der Waals surface area contributed by atoms with Crippen LogP contribution >= 0.6 is 0 Å². The highest BCUT2D eigenvalue weighted by molar-refractivity contribution is 5.86. The summed E-state index contributed by atoms with van der Waals surface area (Å²) in [6.07, 6.45) is -1.55. The number of hydrogen-bond acceptors (Lipinski definition) is 2. The molecule has 0 bridgehead atoms. The molecule has 1 aliphatic heterocycles. The van der Waals surface area contributed by atoms with Crippen molar-refractivity contribution in [3.8, 4) is 0 Å². The van der Waals surface area contributed by atoms with Gasteiger partial charge in [0, 0.05) is 0 Å². The van der Waals surface area contributed by atoms with E-state index in [0.29, 0.717) is 19.4 Å². The number of halogens is 3. The van der Waals surface area contributed by atoms with Gasteiger partial charge in [-0.2, -0.15) is 13.2 Å². The Bertz CT molecular complexity index is 247.